The molecule has 0 saturated heterocycles. The van der Waals surface area contributed by atoms with Crippen LogP contribution in [0, 0.1) is 0 Å². The molecule has 0 radical (unpaired) electrons. The molecule has 1 aliphatic rings. The number of carbonyl (C=O) groups is 3. The van der Waals surface area contributed by atoms with Gasteiger partial charge in [0.25, 0.3) is 11.8 Å². The van der Waals surface area contributed by atoms with E-state index in [4.69, 9.17) is 0 Å². The minimum atomic E-state index is -0.321. The van der Waals surface area contributed by atoms with E-state index in [-0.39, 0.29) is 17.7 Å². The van der Waals surface area contributed by atoms with Crippen molar-refractivity contribution in [3.05, 3.63) is 48.1 Å². The van der Waals surface area contributed by atoms with Gasteiger partial charge in [-0.05, 0) is 24.1 Å². The van der Waals surface area contributed by atoms with Gasteiger partial charge in [-0.2, -0.15) is 0 Å². The highest BCUT2D eigenvalue weighted by molar-refractivity contribution is 6.28. The second kappa shape index (κ2) is 6.65. The van der Waals surface area contributed by atoms with Crippen LogP contribution in [0.15, 0.2) is 42.5 Å². The normalized spacial score (nSPS) is 14.2. The Morgan fingerprint density at radius 1 is 1.14 bits per heavy atom. The largest absolute Gasteiger partial charge is 0.356 e. The van der Waals surface area contributed by atoms with Gasteiger partial charge in [-0.15, -0.1) is 0 Å². The van der Waals surface area contributed by atoms with Crippen molar-refractivity contribution in [1.82, 2.24) is 5.32 Å². The van der Waals surface area contributed by atoms with E-state index in [1.54, 1.807) is 12.1 Å². The first-order valence-electron chi connectivity index (χ1n) is 6.65. The smallest absolute Gasteiger partial charge is 0.258 e. The number of benzene rings is 1. The Morgan fingerprint density at radius 3 is 2.33 bits per heavy atom. The van der Waals surface area contributed by atoms with Crippen LogP contribution in [0.2, 0.25) is 0 Å². The maximum Gasteiger partial charge on any atom is 0.258 e. The molecule has 2 rings (SSSR count). The third-order valence-corrected chi connectivity index (χ3v) is 2.96. The molecule has 5 heteroatoms. The topological polar surface area (TPSA) is 66.5 Å². The van der Waals surface area contributed by atoms with E-state index >= 15 is 0 Å². The van der Waals surface area contributed by atoms with Crippen LogP contribution in [0.5, 0.6) is 0 Å². The fourth-order valence-electron chi connectivity index (χ4n) is 1.94. The molecule has 0 aromatic heterocycles. The minimum absolute atomic E-state index is 0.0405. The van der Waals surface area contributed by atoms with Crippen molar-refractivity contribution in [2.75, 3.05) is 11.4 Å². The Bertz CT molecular complexity index is 597. The Labute approximate surface area is 122 Å². The Kier molecular flexibility index (Phi) is 4.66. The lowest BCUT2D eigenvalue weighted by atomic mass is 10.1. The lowest BCUT2D eigenvalue weighted by Gasteiger charge is -2.13. The first kappa shape index (κ1) is 14.7. The van der Waals surface area contributed by atoms with E-state index in [1.807, 2.05) is 24.3 Å². The molecule has 0 saturated carbocycles. The van der Waals surface area contributed by atoms with Gasteiger partial charge in [-0.3, -0.25) is 14.4 Å². The van der Waals surface area contributed by atoms with Crippen molar-refractivity contribution >= 4 is 29.5 Å². The zero-order chi connectivity index (χ0) is 15.2. The summed E-state index contributed by atoms with van der Waals surface area (Å²) in [6.07, 6.45) is 7.15. The molecular formula is C16H16N2O3. The van der Waals surface area contributed by atoms with Crippen molar-refractivity contribution in [3.8, 4) is 0 Å². The van der Waals surface area contributed by atoms with Crippen molar-refractivity contribution in [3.63, 3.8) is 0 Å². The second-order valence-electron chi connectivity index (χ2n) is 4.61. The Morgan fingerprint density at radius 2 is 1.76 bits per heavy atom. The maximum atomic E-state index is 11.5. The van der Waals surface area contributed by atoms with Gasteiger partial charge in [0.2, 0.25) is 5.91 Å². The molecule has 0 bridgehead atoms. The van der Waals surface area contributed by atoms with Gasteiger partial charge in [-0.1, -0.05) is 24.3 Å². The number of nitrogens with one attached hydrogen (secondary N) is 1. The summed E-state index contributed by atoms with van der Waals surface area (Å²) in [5, 5.41) is 2.71. The molecule has 1 N–H and O–H groups in total. The average Bonchev–Trinajstić information content (AvgIpc) is 2.78. The first-order chi connectivity index (χ1) is 10.1. The fraction of sp³-hybridized carbons (Fsp3) is 0.188. The molecule has 0 aliphatic carbocycles. The van der Waals surface area contributed by atoms with Gasteiger partial charge in [0, 0.05) is 25.6 Å². The van der Waals surface area contributed by atoms with Crippen LogP contribution in [0.4, 0.5) is 5.69 Å². The molecule has 0 unspecified atom stereocenters. The number of anilines is 1. The molecule has 0 fully saturated rings. The predicted octanol–water partition coefficient (Wildman–Crippen LogP) is 1.66. The van der Waals surface area contributed by atoms with Gasteiger partial charge < -0.3 is 5.32 Å². The molecule has 1 aliphatic heterocycles. The fourth-order valence-corrected chi connectivity index (χ4v) is 1.94. The van der Waals surface area contributed by atoms with Gasteiger partial charge >= 0.3 is 0 Å². The molecule has 3 amide bonds. The van der Waals surface area contributed by atoms with Crippen molar-refractivity contribution in [1.29, 1.82) is 0 Å². The lowest BCUT2D eigenvalue weighted by molar-refractivity contribution is -0.120. The molecule has 1 heterocycles. The van der Waals surface area contributed by atoms with Crippen LogP contribution in [0.3, 0.4) is 0 Å². The Balaban J connectivity index is 1.93. The molecule has 1 aromatic carbocycles. The van der Waals surface area contributed by atoms with E-state index < -0.39 is 0 Å². The van der Waals surface area contributed by atoms with Crippen LogP contribution in [-0.2, 0) is 14.4 Å². The van der Waals surface area contributed by atoms with Crippen molar-refractivity contribution < 1.29 is 14.4 Å². The molecule has 21 heavy (non-hydrogen) atoms. The number of hydrogen-bond donors (Lipinski definition) is 1. The van der Waals surface area contributed by atoms with Gasteiger partial charge in [-0.25, -0.2) is 4.90 Å². The van der Waals surface area contributed by atoms with Crippen LogP contribution in [-0.4, -0.2) is 24.3 Å². The van der Waals surface area contributed by atoms with Crippen LogP contribution >= 0.6 is 0 Å². The monoisotopic (exact) mass is 284 g/mol. The Hall–Kier alpha value is -2.69. The molecule has 108 valence electrons. The maximum absolute atomic E-state index is 11.5. The van der Waals surface area contributed by atoms with Crippen LogP contribution in [0.1, 0.15) is 18.9 Å². The lowest BCUT2D eigenvalue weighted by Crippen LogP contribution is -2.29. The third-order valence-electron chi connectivity index (χ3n) is 2.96. The molecule has 1 aromatic rings. The van der Waals surface area contributed by atoms with E-state index in [0.717, 1.165) is 16.9 Å². The molecular weight excluding hydrogens is 268 g/mol. The van der Waals surface area contributed by atoms with E-state index in [1.165, 1.54) is 19.1 Å². The van der Waals surface area contributed by atoms with Crippen LogP contribution in [0.25, 0.3) is 6.08 Å². The highest BCUT2D eigenvalue weighted by Crippen LogP contribution is 2.19. The summed E-state index contributed by atoms with van der Waals surface area (Å²) in [5.41, 5.74) is 1.53. The summed E-state index contributed by atoms with van der Waals surface area (Å²) < 4.78 is 0. The first-order valence-corrected chi connectivity index (χ1v) is 6.65. The summed E-state index contributed by atoms with van der Waals surface area (Å²) >= 11 is 0. The number of carbonyl (C=O) groups excluding carboxylic acids is 3. The number of imide groups is 1. The third kappa shape index (κ3) is 3.89. The van der Waals surface area contributed by atoms with E-state index in [2.05, 4.69) is 5.32 Å². The van der Waals surface area contributed by atoms with Crippen molar-refractivity contribution in [2.45, 2.75) is 13.3 Å². The van der Waals surface area contributed by atoms with Gasteiger partial charge in [0.05, 0.1) is 5.69 Å². The SMILES string of the molecule is CC(=O)NCCC=Cc1ccc(N2C(=O)C=CC2=O)cc1. The van der Waals surface area contributed by atoms with Crippen LogP contribution < -0.4 is 10.2 Å². The average molecular weight is 284 g/mol. The number of rotatable bonds is 5. The summed E-state index contributed by atoms with van der Waals surface area (Å²) in [5.74, 6) is -0.682. The summed E-state index contributed by atoms with van der Waals surface area (Å²) in [7, 11) is 0. The second-order valence-corrected chi connectivity index (χ2v) is 4.61. The molecule has 0 spiro atoms. The molecule has 0 atom stereocenters. The summed E-state index contributed by atoms with van der Waals surface area (Å²) in [6.45, 7) is 2.09. The highest BCUT2D eigenvalue weighted by Gasteiger charge is 2.24. The standard InChI is InChI=1S/C16H16N2O3/c1-12(19)17-11-3-2-4-13-5-7-14(8-6-13)18-15(20)9-10-16(18)21/h2,4-10H,3,11H2,1H3,(H,17,19). The highest BCUT2D eigenvalue weighted by atomic mass is 16.2. The minimum Gasteiger partial charge on any atom is -0.356 e. The van der Waals surface area contributed by atoms with Gasteiger partial charge in [0.15, 0.2) is 0 Å². The zero-order valence-electron chi connectivity index (χ0n) is 11.7. The predicted molar refractivity (Wildman–Crippen MR) is 80.4 cm³/mol. The number of nitrogens with zero attached hydrogens (tertiary/aromatic N) is 1. The summed E-state index contributed by atoms with van der Waals surface area (Å²) in [4.78, 5) is 34.9. The number of amides is 3. The summed E-state index contributed by atoms with van der Waals surface area (Å²) in [6, 6.07) is 7.14. The zero-order valence-corrected chi connectivity index (χ0v) is 11.7. The quantitative estimate of drug-likeness (QED) is 0.660. The van der Waals surface area contributed by atoms with Gasteiger partial charge in [0.1, 0.15) is 0 Å². The van der Waals surface area contributed by atoms with E-state index in [9.17, 15) is 14.4 Å². The van der Waals surface area contributed by atoms with Crippen molar-refractivity contribution in [2.24, 2.45) is 0 Å². The van der Waals surface area contributed by atoms with E-state index in [0.29, 0.717) is 12.2 Å². The number of hydrogen-bond acceptors (Lipinski definition) is 3. The molecule has 5 nitrogen and oxygen atoms in total.